The molecule has 1 nitrogen and oxygen atoms in total. The van der Waals surface area contributed by atoms with E-state index in [4.69, 9.17) is 0 Å². The average Bonchev–Trinajstić information content (AvgIpc) is 2.67. The van der Waals surface area contributed by atoms with Crippen LogP contribution in [0.15, 0.2) is 0 Å². The SMILES string of the molecule is CNC1CCCC2C3CCCCC3CC12. The van der Waals surface area contributed by atoms with Crippen LogP contribution in [0.2, 0.25) is 0 Å². The molecule has 0 bridgehead atoms. The van der Waals surface area contributed by atoms with Gasteiger partial charge in [-0.15, -0.1) is 0 Å². The van der Waals surface area contributed by atoms with Gasteiger partial charge in [0.15, 0.2) is 0 Å². The van der Waals surface area contributed by atoms with Crippen molar-refractivity contribution in [3.05, 3.63) is 0 Å². The zero-order valence-corrected chi connectivity index (χ0v) is 10.0. The minimum absolute atomic E-state index is 0.856. The smallest absolute Gasteiger partial charge is 0.00951 e. The topological polar surface area (TPSA) is 12.0 Å². The molecule has 3 aliphatic rings. The van der Waals surface area contributed by atoms with E-state index < -0.39 is 0 Å². The lowest BCUT2D eigenvalue weighted by Crippen LogP contribution is -2.39. The van der Waals surface area contributed by atoms with Crippen LogP contribution in [0.1, 0.15) is 51.4 Å². The standard InChI is InChI=1S/C14H25N/c1-15-14-8-4-7-12-11-6-3-2-5-10(11)9-13(12)14/h10-15H,2-9H2,1H3. The van der Waals surface area contributed by atoms with Crippen LogP contribution < -0.4 is 5.32 Å². The molecule has 0 aliphatic heterocycles. The third kappa shape index (κ3) is 1.63. The Balaban J connectivity index is 1.77. The monoisotopic (exact) mass is 207 g/mol. The van der Waals surface area contributed by atoms with E-state index in [1.54, 1.807) is 25.7 Å². The van der Waals surface area contributed by atoms with Gasteiger partial charge in [0.05, 0.1) is 0 Å². The molecule has 0 radical (unpaired) electrons. The molecule has 5 atom stereocenters. The lowest BCUT2D eigenvalue weighted by molar-refractivity contribution is 0.159. The lowest BCUT2D eigenvalue weighted by atomic mass is 9.72. The first-order chi connectivity index (χ1) is 7.40. The second-order valence-corrected chi connectivity index (χ2v) is 6.10. The van der Waals surface area contributed by atoms with Crippen molar-refractivity contribution >= 4 is 0 Å². The van der Waals surface area contributed by atoms with E-state index in [1.165, 1.54) is 25.7 Å². The van der Waals surface area contributed by atoms with Gasteiger partial charge in [0.1, 0.15) is 0 Å². The molecule has 3 fully saturated rings. The fourth-order valence-corrected chi connectivity index (χ4v) is 4.97. The summed E-state index contributed by atoms with van der Waals surface area (Å²) in [6.45, 7) is 0. The maximum absolute atomic E-state index is 3.59. The van der Waals surface area contributed by atoms with Gasteiger partial charge in [-0.3, -0.25) is 0 Å². The Kier molecular flexibility index (Phi) is 2.76. The van der Waals surface area contributed by atoms with Gasteiger partial charge in [0.25, 0.3) is 0 Å². The first-order valence-electron chi connectivity index (χ1n) is 7.07. The summed E-state index contributed by atoms with van der Waals surface area (Å²) < 4.78 is 0. The fourth-order valence-electron chi connectivity index (χ4n) is 4.97. The van der Waals surface area contributed by atoms with Crippen LogP contribution in [0.3, 0.4) is 0 Å². The molecule has 0 amide bonds. The molecule has 3 rings (SSSR count). The second kappa shape index (κ2) is 4.08. The minimum atomic E-state index is 0.856. The zero-order valence-electron chi connectivity index (χ0n) is 10.0. The maximum Gasteiger partial charge on any atom is 0.00951 e. The third-order valence-corrected chi connectivity index (χ3v) is 5.58. The van der Waals surface area contributed by atoms with Gasteiger partial charge < -0.3 is 5.32 Å². The highest BCUT2D eigenvalue weighted by Crippen LogP contribution is 2.53. The van der Waals surface area contributed by atoms with Gasteiger partial charge >= 0.3 is 0 Å². The molecule has 0 spiro atoms. The third-order valence-electron chi connectivity index (χ3n) is 5.58. The predicted molar refractivity (Wildman–Crippen MR) is 63.7 cm³/mol. The Hall–Kier alpha value is -0.0400. The highest BCUT2D eigenvalue weighted by Gasteiger charge is 2.47. The molecule has 0 aromatic heterocycles. The fraction of sp³-hybridized carbons (Fsp3) is 1.00. The molecule has 0 aromatic carbocycles. The Labute approximate surface area is 94.0 Å². The molecule has 0 aromatic rings. The maximum atomic E-state index is 3.59. The van der Waals surface area contributed by atoms with E-state index in [1.807, 2.05) is 0 Å². The molecule has 3 aliphatic carbocycles. The van der Waals surface area contributed by atoms with E-state index in [0.717, 1.165) is 29.7 Å². The van der Waals surface area contributed by atoms with Crippen molar-refractivity contribution in [3.63, 3.8) is 0 Å². The number of rotatable bonds is 1. The van der Waals surface area contributed by atoms with E-state index in [2.05, 4.69) is 12.4 Å². The molecular formula is C14H25N. The quantitative estimate of drug-likeness (QED) is 0.696. The number of hydrogen-bond acceptors (Lipinski definition) is 1. The summed E-state index contributed by atoms with van der Waals surface area (Å²) in [4.78, 5) is 0. The van der Waals surface area contributed by atoms with Crippen LogP contribution in [0.4, 0.5) is 0 Å². The van der Waals surface area contributed by atoms with Gasteiger partial charge in [-0.1, -0.05) is 25.7 Å². The van der Waals surface area contributed by atoms with Crippen LogP contribution in [0, 0.1) is 23.7 Å². The van der Waals surface area contributed by atoms with Gasteiger partial charge in [0.2, 0.25) is 0 Å². The van der Waals surface area contributed by atoms with Crippen LogP contribution >= 0.6 is 0 Å². The van der Waals surface area contributed by atoms with E-state index in [0.29, 0.717) is 0 Å². The van der Waals surface area contributed by atoms with Crippen LogP contribution in [0.5, 0.6) is 0 Å². The van der Waals surface area contributed by atoms with E-state index in [-0.39, 0.29) is 0 Å². The Bertz CT molecular complexity index is 225. The highest BCUT2D eigenvalue weighted by atomic mass is 14.9. The molecule has 1 N–H and O–H groups in total. The number of hydrogen-bond donors (Lipinski definition) is 1. The molecule has 86 valence electrons. The van der Waals surface area contributed by atoms with Crippen molar-refractivity contribution in [3.8, 4) is 0 Å². The van der Waals surface area contributed by atoms with Gasteiger partial charge in [-0.25, -0.2) is 0 Å². The average molecular weight is 207 g/mol. The highest BCUT2D eigenvalue weighted by molar-refractivity contribution is 4.99. The van der Waals surface area contributed by atoms with Crippen LogP contribution in [-0.4, -0.2) is 13.1 Å². The van der Waals surface area contributed by atoms with Crippen LogP contribution in [0.25, 0.3) is 0 Å². The van der Waals surface area contributed by atoms with E-state index >= 15 is 0 Å². The Morgan fingerprint density at radius 1 is 0.800 bits per heavy atom. The van der Waals surface area contributed by atoms with Gasteiger partial charge in [-0.2, -0.15) is 0 Å². The van der Waals surface area contributed by atoms with Crippen molar-refractivity contribution in [1.82, 2.24) is 5.32 Å². The molecule has 5 unspecified atom stereocenters. The van der Waals surface area contributed by atoms with Gasteiger partial charge in [0, 0.05) is 6.04 Å². The van der Waals surface area contributed by atoms with Crippen molar-refractivity contribution in [2.45, 2.75) is 57.4 Å². The molecule has 3 saturated carbocycles. The summed E-state index contributed by atoms with van der Waals surface area (Å²) in [5.74, 6) is 4.38. The largest absolute Gasteiger partial charge is 0.317 e. The summed E-state index contributed by atoms with van der Waals surface area (Å²) in [6.07, 6.45) is 12.2. The summed E-state index contributed by atoms with van der Waals surface area (Å²) in [7, 11) is 2.18. The first kappa shape index (κ1) is 10.1. The zero-order chi connectivity index (χ0) is 10.3. The van der Waals surface area contributed by atoms with Crippen molar-refractivity contribution in [2.24, 2.45) is 23.7 Å². The summed E-state index contributed by atoms with van der Waals surface area (Å²) >= 11 is 0. The normalized spacial score (nSPS) is 49.8. The minimum Gasteiger partial charge on any atom is -0.317 e. The Morgan fingerprint density at radius 2 is 1.60 bits per heavy atom. The predicted octanol–water partition coefficient (Wildman–Crippen LogP) is 3.20. The summed E-state index contributed by atoms with van der Waals surface area (Å²) in [5, 5.41) is 3.59. The van der Waals surface area contributed by atoms with Crippen molar-refractivity contribution in [2.75, 3.05) is 7.05 Å². The summed E-state index contributed by atoms with van der Waals surface area (Å²) in [5.41, 5.74) is 0. The molecule has 15 heavy (non-hydrogen) atoms. The Morgan fingerprint density at radius 3 is 2.47 bits per heavy atom. The van der Waals surface area contributed by atoms with Gasteiger partial charge in [-0.05, 0) is 56.4 Å². The molecule has 0 heterocycles. The number of nitrogens with one attached hydrogen (secondary N) is 1. The van der Waals surface area contributed by atoms with Crippen molar-refractivity contribution in [1.29, 1.82) is 0 Å². The first-order valence-corrected chi connectivity index (χ1v) is 7.07. The van der Waals surface area contributed by atoms with Crippen molar-refractivity contribution < 1.29 is 0 Å². The lowest BCUT2D eigenvalue weighted by Gasteiger charge is -2.36. The summed E-state index contributed by atoms with van der Waals surface area (Å²) in [6, 6.07) is 0.856. The molecular weight excluding hydrogens is 182 g/mol. The van der Waals surface area contributed by atoms with E-state index in [9.17, 15) is 0 Å². The van der Waals surface area contributed by atoms with Crippen LogP contribution in [-0.2, 0) is 0 Å². The second-order valence-electron chi connectivity index (χ2n) is 6.10. The number of fused-ring (bicyclic) bond motifs is 3. The molecule has 1 heteroatoms. The molecule has 0 saturated heterocycles.